The Morgan fingerprint density at radius 2 is 2.15 bits per heavy atom. The van der Waals surface area contributed by atoms with Gasteiger partial charge in [-0.05, 0) is 36.8 Å². The van der Waals surface area contributed by atoms with E-state index in [4.69, 9.17) is 18.9 Å². The third-order valence-corrected chi connectivity index (χ3v) is 5.51. The van der Waals surface area contributed by atoms with Crippen molar-refractivity contribution < 1.29 is 23.7 Å². The molecule has 0 saturated carbocycles. The lowest BCUT2D eigenvalue weighted by atomic mass is 9.81. The maximum absolute atomic E-state index is 12.8. The molecule has 2 fully saturated rings. The lowest BCUT2D eigenvalue weighted by Crippen LogP contribution is -2.66. The van der Waals surface area contributed by atoms with Gasteiger partial charge in [0.15, 0.2) is 11.5 Å². The fraction of sp³-hybridized carbons (Fsp3) is 0.400. The smallest absolute Gasteiger partial charge is 0.254 e. The van der Waals surface area contributed by atoms with Crippen LogP contribution in [0.25, 0.3) is 0 Å². The molecular formula is C20H20N2O5. The third-order valence-electron chi connectivity index (χ3n) is 5.51. The summed E-state index contributed by atoms with van der Waals surface area (Å²) in [6.45, 7) is 2.64. The van der Waals surface area contributed by atoms with Gasteiger partial charge < -0.3 is 23.8 Å². The molecule has 1 spiro atoms. The van der Waals surface area contributed by atoms with Crippen LogP contribution in [0, 0.1) is 5.92 Å². The van der Waals surface area contributed by atoms with Crippen molar-refractivity contribution in [2.24, 2.45) is 5.92 Å². The van der Waals surface area contributed by atoms with Gasteiger partial charge in [-0.3, -0.25) is 9.78 Å². The van der Waals surface area contributed by atoms with E-state index in [9.17, 15) is 4.79 Å². The number of fused-ring (bicyclic) bond motifs is 1. The number of hydrogen-bond acceptors (Lipinski definition) is 6. The minimum Gasteiger partial charge on any atom is -0.492 e. The molecule has 7 nitrogen and oxygen atoms in total. The Hall–Kier alpha value is -2.80. The quantitative estimate of drug-likeness (QED) is 0.823. The Morgan fingerprint density at radius 3 is 3.00 bits per heavy atom. The van der Waals surface area contributed by atoms with Crippen molar-refractivity contribution in [2.45, 2.75) is 12.0 Å². The van der Waals surface area contributed by atoms with E-state index >= 15 is 0 Å². The van der Waals surface area contributed by atoms with Crippen molar-refractivity contribution in [1.82, 2.24) is 9.88 Å². The zero-order chi connectivity index (χ0) is 18.3. The number of ether oxygens (including phenoxy) is 4. The van der Waals surface area contributed by atoms with E-state index in [0.717, 1.165) is 12.2 Å². The van der Waals surface area contributed by atoms with Crippen LogP contribution >= 0.6 is 0 Å². The SMILES string of the molecule is O=C(c1ccc2c(c1)OCO2)N1CC2(C1)OCCC2COc1cccnc1. The maximum atomic E-state index is 12.8. The molecule has 0 aliphatic carbocycles. The summed E-state index contributed by atoms with van der Waals surface area (Å²) in [6, 6.07) is 9.05. The molecule has 2 saturated heterocycles. The van der Waals surface area contributed by atoms with Crippen LogP contribution in [0.5, 0.6) is 17.2 Å². The normalized spacial score (nSPS) is 21.9. The van der Waals surface area contributed by atoms with Crippen LogP contribution in [0.4, 0.5) is 0 Å². The van der Waals surface area contributed by atoms with Gasteiger partial charge in [-0.1, -0.05) is 0 Å². The van der Waals surface area contributed by atoms with E-state index in [1.807, 2.05) is 17.0 Å². The maximum Gasteiger partial charge on any atom is 0.254 e. The van der Waals surface area contributed by atoms with Gasteiger partial charge in [0.05, 0.1) is 25.9 Å². The van der Waals surface area contributed by atoms with E-state index in [2.05, 4.69) is 4.98 Å². The number of pyridine rings is 1. The molecule has 1 amide bonds. The van der Waals surface area contributed by atoms with Gasteiger partial charge in [0, 0.05) is 24.3 Å². The van der Waals surface area contributed by atoms with Crippen LogP contribution < -0.4 is 14.2 Å². The highest BCUT2D eigenvalue weighted by molar-refractivity contribution is 5.95. The van der Waals surface area contributed by atoms with Crippen LogP contribution in [-0.4, -0.2) is 54.5 Å². The van der Waals surface area contributed by atoms with Crippen LogP contribution in [0.15, 0.2) is 42.7 Å². The molecule has 2 aromatic rings. The van der Waals surface area contributed by atoms with E-state index in [1.165, 1.54) is 0 Å². The topological polar surface area (TPSA) is 70.1 Å². The minimum atomic E-state index is -0.297. The number of nitrogens with zero attached hydrogens (tertiary/aromatic N) is 2. The van der Waals surface area contributed by atoms with Gasteiger partial charge in [0.25, 0.3) is 5.91 Å². The molecule has 1 atom stereocenters. The predicted molar refractivity (Wildman–Crippen MR) is 95.0 cm³/mol. The molecule has 3 aliphatic rings. The first-order chi connectivity index (χ1) is 13.2. The number of rotatable bonds is 4. The molecule has 0 bridgehead atoms. The fourth-order valence-electron chi connectivity index (χ4n) is 3.95. The summed E-state index contributed by atoms with van der Waals surface area (Å²) in [5, 5.41) is 0. The molecule has 27 heavy (non-hydrogen) atoms. The van der Waals surface area contributed by atoms with Crippen molar-refractivity contribution in [2.75, 3.05) is 33.1 Å². The summed E-state index contributed by atoms with van der Waals surface area (Å²) < 4.78 is 22.6. The van der Waals surface area contributed by atoms with Gasteiger partial charge in [0.1, 0.15) is 11.4 Å². The highest BCUT2D eigenvalue weighted by atomic mass is 16.7. The first-order valence-electron chi connectivity index (χ1n) is 9.09. The molecule has 4 heterocycles. The summed E-state index contributed by atoms with van der Waals surface area (Å²) in [6.07, 6.45) is 4.36. The van der Waals surface area contributed by atoms with E-state index in [1.54, 1.807) is 30.6 Å². The average molecular weight is 368 g/mol. The summed E-state index contributed by atoms with van der Waals surface area (Å²) >= 11 is 0. The van der Waals surface area contributed by atoms with Crippen LogP contribution in [-0.2, 0) is 4.74 Å². The summed E-state index contributed by atoms with van der Waals surface area (Å²) in [5.74, 6) is 2.31. The van der Waals surface area contributed by atoms with Crippen molar-refractivity contribution in [3.63, 3.8) is 0 Å². The first kappa shape index (κ1) is 16.4. The second-order valence-electron chi connectivity index (χ2n) is 7.13. The van der Waals surface area contributed by atoms with Crippen LogP contribution in [0.2, 0.25) is 0 Å². The molecule has 0 radical (unpaired) electrons. The molecule has 0 N–H and O–H groups in total. The van der Waals surface area contributed by atoms with E-state index in [-0.39, 0.29) is 24.2 Å². The molecule has 1 aromatic carbocycles. The molecule has 7 heteroatoms. The van der Waals surface area contributed by atoms with Crippen LogP contribution in [0.1, 0.15) is 16.8 Å². The lowest BCUT2D eigenvalue weighted by molar-refractivity contribution is -0.122. The van der Waals surface area contributed by atoms with Crippen molar-refractivity contribution in [3.8, 4) is 17.2 Å². The number of aromatic nitrogens is 1. The van der Waals surface area contributed by atoms with Gasteiger partial charge >= 0.3 is 0 Å². The standard InChI is InChI=1S/C20H20N2O5/c23-19(14-3-4-17-18(8-14)26-13-25-17)22-11-20(12-22)15(5-7-27-20)10-24-16-2-1-6-21-9-16/h1-4,6,8-9,15H,5,7,10-13H2. The molecule has 140 valence electrons. The second-order valence-corrected chi connectivity index (χ2v) is 7.13. The molecule has 1 unspecified atom stereocenters. The highest BCUT2D eigenvalue weighted by Crippen LogP contribution is 2.41. The molecule has 3 aliphatic heterocycles. The average Bonchev–Trinajstić information content (AvgIpc) is 3.31. The predicted octanol–water partition coefficient (Wildman–Crippen LogP) is 2.12. The summed E-state index contributed by atoms with van der Waals surface area (Å²) in [7, 11) is 0. The molecule has 5 rings (SSSR count). The van der Waals surface area contributed by atoms with Gasteiger partial charge in [0.2, 0.25) is 6.79 Å². The number of carbonyl (C=O) groups is 1. The number of likely N-dealkylation sites (tertiary alicyclic amines) is 1. The van der Waals surface area contributed by atoms with E-state index < -0.39 is 0 Å². The van der Waals surface area contributed by atoms with Gasteiger partial charge in [-0.15, -0.1) is 0 Å². The zero-order valence-corrected chi connectivity index (χ0v) is 14.8. The highest BCUT2D eigenvalue weighted by Gasteiger charge is 2.54. The van der Waals surface area contributed by atoms with Crippen LogP contribution in [0.3, 0.4) is 0 Å². The van der Waals surface area contributed by atoms with E-state index in [0.29, 0.717) is 43.4 Å². The molecular weight excluding hydrogens is 348 g/mol. The van der Waals surface area contributed by atoms with Crippen molar-refractivity contribution >= 4 is 5.91 Å². The Labute approximate surface area is 156 Å². The third kappa shape index (κ3) is 2.88. The zero-order valence-electron chi connectivity index (χ0n) is 14.8. The monoisotopic (exact) mass is 368 g/mol. The van der Waals surface area contributed by atoms with Gasteiger partial charge in [-0.25, -0.2) is 0 Å². The number of amides is 1. The minimum absolute atomic E-state index is 0.0126. The van der Waals surface area contributed by atoms with Crippen molar-refractivity contribution in [1.29, 1.82) is 0 Å². The Morgan fingerprint density at radius 1 is 1.26 bits per heavy atom. The number of carbonyl (C=O) groups excluding carboxylic acids is 1. The van der Waals surface area contributed by atoms with Gasteiger partial charge in [-0.2, -0.15) is 0 Å². The Balaban J connectivity index is 1.22. The largest absolute Gasteiger partial charge is 0.492 e. The fourth-order valence-corrected chi connectivity index (χ4v) is 3.95. The first-order valence-corrected chi connectivity index (χ1v) is 9.09. The lowest BCUT2D eigenvalue weighted by Gasteiger charge is -2.50. The second kappa shape index (κ2) is 6.42. The summed E-state index contributed by atoms with van der Waals surface area (Å²) in [4.78, 5) is 18.7. The van der Waals surface area contributed by atoms with Crippen molar-refractivity contribution in [3.05, 3.63) is 48.3 Å². The Bertz CT molecular complexity index is 851. The molecule has 1 aromatic heterocycles. The summed E-state index contributed by atoms with van der Waals surface area (Å²) in [5.41, 5.74) is 0.309. The number of hydrogen-bond donors (Lipinski definition) is 0. The number of benzene rings is 1. The Kier molecular flexibility index (Phi) is 3.89.